The summed E-state index contributed by atoms with van der Waals surface area (Å²) in [5, 5.41) is 18.8. The normalized spacial score (nSPS) is 15.1. The molecule has 2 rings (SSSR count). The van der Waals surface area contributed by atoms with Gasteiger partial charge >= 0.3 is 7.12 Å². The van der Waals surface area contributed by atoms with Crippen molar-refractivity contribution in [2.45, 2.75) is 45.2 Å². The smallest absolute Gasteiger partial charge is 0.423 e. The van der Waals surface area contributed by atoms with Crippen LogP contribution in [-0.4, -0.2) is 34.7 Å². The van der Waals surface area contributed by atoms with Gasteiger partial charge in [0.1, 0.15) is 0 Å². The second-order valence-electron chi connectivity index (χ2n) is 5.13. The molecule has 98 valence electrons. The molecular weight excluding hydrogens is 225 g/mol. The Kier molecular flexibility index (Phi) is 4.81. The Morgan fingerprint density at radius 3 is 2.61 bits per heavy atom. The number of nitrogens with zero attached hydrogens (tertiary/aromatic N) is 1. The maximum Gasteiger partial charge on any atom is 0.488 e. The summed E-state index contributed by atoms with van der Waals surface area (Å²) >= 11 is 0. The molecule has 0 atom stereocenters. The standard InChI is InChI=1S/C14H22BNO2/c1-2-3-10-16(13-8-9-13)11-12-6-4-5-7-14(12)15(17)18/h4-7,13,17-18H,2-3,8-11H2,1H3. The van der Waals surface area contributed by atoms with Crippen LogP contribution in [0.15, 0.2) is 24.3 Å². The fourth-order valence-corrected chi connectivity index (χ4v) is 2.34. The quantitative estimate of drug-likeness (QED) is 0.710. The molecule has 4 heteroatoms. The highest BCUT2D eigenvalue weighted by molar-refractivity contribution is 6.59. The van der Waals surface area contributed by atoms with Crippen molar-refractivity contribution >= 4 is 12.6 Å². The van der Waals surface area contributed by atoms with E-state index in [0.717, 1.165) is 18.7 Å². The topological polar surface area (TPSA) is 43.7 Å². The van der Waals surface area contributed by atoms with Gasteiger partial charge in [0.2, 0.25) is 0 Å². The third kappa shape index (κ3) is 3.58. The van der Waals surface area contributed by atoms with Crippen molar-refractivity contribution in [3.63, 3.8) is 0 Å². The average molecular weight is 247 g/mol. The van der Waals surface area contributed by atoms with Crippen LogP contribution in [0.4, 0.5) is 0 Å². The van der Waals surface area contributed by atoms with E-state index < -0.39 is 7.12 Å². The molecule has 1 aliphatic carbocycles. The molecular formula is C14H22BNO2. The average Bonchev–Trinajstić information content (AvgIpc) is 3.19. The lowest BCUT2D eigenvalue weighted by Gasteiger charge is -2.23. The molecule has 1 fully saturated rings. The largest absolute Gasteiger partial charge is 0.488 e. The summed E-state index contributed by atoms with van der Waals surface area (Å²) in [5.74, 6) is 0. The van der Waals surface area contributed by atoms with E-state index in [-0.39, 0.29) is 0 Å². The molecule has 0 unspecified atom stereocenters. The summed E-state index contributed by atoms with van der Waals surface area (Å²) in [5.41, 5.74) is 1.68. The Morgan fingerprint density at radius 2 is 2.00 bits per heavy atom. The predicted molar refractivity (Wildman–Crippen MR) is 74.6 cm³/mol. The number of hydrogen-bond acceptors (Lipinski definition) is 3. The van der Waals surface area contributed by atoms with Crippen LogP contribution < -0.4 is 5.46 Å². The lowest BCUT2D eigenvalue weighted by molar-refractivity contribution is 0.251. The fraction of sp³-hybridized carbons (Fsp3) is 0.571. The van der Waals surface area contributed by atoms with Gasteiger partial charge in [-0.3, -0.25) is 4.90 Å². The molecule has 1 aromatic rings. The van der Waals surface area contributed by atoms with E-state index in [1.807, 2.05) is 18.2 Å². The minimum Gasteiger partial charge on any atom is -0.423 e. The zero-order valence-electron chi connectivity index (χ0n) is 11.0. The fourth-order valence-electron chi connectivity index (χ4n) is 2.34. The Hall–Kier alpha value is -0.835. The monoisotopic (exact) mass is 247 g/mol. The van der Waals surface area contributed by atoms with E-state index in [2.05, 4.69) is 11.8 Å². The third-order valence-corrected chi connectivity index (χ3v) is 3.57. The van der Waals surface area contributed by atoms with Gasteiger partial charge in [0.25, 0.3) is 0 Å². The maximum absolute atomic E-state index is 9.38. The molecule has 1 aliphatic rings. The van der Waals surface area contributed by atoms with E-state index in [1.165, 1.54) is 25.7 Å². The van der Waals surface area contributed by atoms with Gasteiger partial charge in [-0.25, -0.2) is 0 Å². The van der Waals surface area contributed by atoms with E-state index in [0.29, 0.717) is 11.5 Å². The van der Waals surface area contributed by atoms with Crippen molar-refractivity contribution in [3.05, 3.63) is 29.8 Å². The van der Waals surface area contributed by atoms with Gasteiger partial charge in [0.05, 0.1) is 0 Å². The molecule has 0 radical (unpaired) electrons. The zero-order valence-corrected chi connectivity index (χ0v) is 11.0. The Bertz CT molecular complexity index is 380. The molecule has 1 aromatic carbocycles. The molecule has 0 aliphatic heterocycles. The van der Waals surface area contributed by atoms with Gasteiger partial charge in [0, 0.05) is 12.6 Å². The van der Waals surface area contributed by atoms with Crippen LogP contribution in [0.3, 0.4) is 0 Å². The summed E-state index contributed by atoms with van der Waals surface area (Å²) in [6.45, 7) is 4.14. The highest BCUT2D eigenvalue weighted by Crippen LogP contribution is 2.28. The first-order valence-electron chi connectivity index (χ1n) is 6.90. The molecule has 0 amide bonds. The number of rotatable bonds is 7. The van der Waals surface area contributed by atoms with Crippen LogP contribution in [0.5, 0.6) is 0 Å². The number of hydrogen-bond donors (Lipinski definition) is 2. The van der Waals surface area contributed by atoms with E-state index in [9.17, 15) is 10.0 Å². The maximum atomic E-state index is 9.38. The minimum atomic E-state index is -1.37. The van der Waals surface area contributed by atoms with Gasteiger partial charge in [-0.2, -0.15) is 0 Å². The van der Waals surface area contributed by atoms with Gasteiger partial charge in [-0.15, -0.1) is 0 Å². The first kappa shape index (κ1) is 13.6. The predicted octanol–water partition coefficient (Wildman–Crippen LogP) is 1.13. The molecule has 1 saturated carbocycles. The van der Waals surface area contributed by atoms with Crippen LogP contribution in [-0.2, 0) is 6.54 Å². The van der Waals surface area contributed by atoms with E-state index in [1.54, 1.807) is 6.07 Å². The summed E-state index contributed by atoms with van der Waals surface area (Å²) < 4.78 is 0. The van der Waals surface area contributed by atoms with Crippen LogP contribution >= 0.6 is 0 Å². The van der Waals surface area contributed by atoms with Crippen LogP contribution in [0.2, 0.25) is 0 Å². The Morgan fingerprint density at radius 1 is 1.28 bits per heavy atom. The number of benzene rings is 1. The van der Waals surface area contributed by atoms with Crippen molar-refractivity contribution < 1.29 is 10.0 Å². The molecule has 0 heterocycles. The highest BCUT2D eigenvalue weighted by Gasteiger charge is 2.29. The Balaban J connectivity index is 2.05. The lowest BCUT2D eigenvalue weighted by Crippen LogP contribution is -2.36. The van der Waals surface area contributed by atoms with Crippen molar-refractivity contribution in [2.24, 2.45) is 0 Å². The summed E-state index contributed by atoms with van der Waals surface area (Å²) in [6, 6.07) is 8.32. The summed E-state index contributed by atoms with van der Waals surface area (Å²) in [4.78, 5) is 2.48. The molecule has 0 aromatic heterocycles. The molecule has 0 saturated heterocycles. The van der Waals surface area contributed by atoms with E-state index >= 15 is 0 Å². The molecule has 2 N–H and O–H groups in total. The lowest BCUT2D eigenvalue weighted by atomic mass is 9.77. The molecule has 3 nitrogen and oxygen atoms in total. The SMILES string of the molecule is CCCCN(Cc1ccccc1B(O)O)C1CC1. The van der Waals surface area contributed by atoms with Crippen LogP contribution in [0.25, 0.3) is 0 Å². The van der Waals surface area contributed by atoms with E-state index in [4.69, 9.17) is 0 Å². The minimum absolute atomic E-state index is 0.639. The van der Waals surface area contributed by atoms with Gasteiger partial charge in [-0.1, -0.05) is 37.6 Å². The van der Waals surface area contributed by atoms with Gasteiger partial charge in [-0.05, 0) is 36.8 Å². The first-order valence-corrected chi connectivity index (χ1v) is 6.90. The van der Waals surface area contributed by atoms with Gasteiger partial charge in [0.15, 0.2) is 0 Å². The first-order chi connectivity index (χ1) is 8.72. The van der Waals surface area contributed by atoms with Crippen molar-refractivity contribution in [1.82, 2.24) is 4.90 Å². The number of unbranched alkanes of at least 4 members (excludes halogenated alkanes) is 1. The zero-order chi connectivity index (χ0) is 13.0. The van der Waals surface area contributed by atoms with Crippen molar-refractivity contribution in [1.29, 1.82) is 0 Å². The highest BCUT2D eigenvalue weighted by atomic mass is 16.4. The second kappa shape index (κ2) is 6.37. The van der Waals surface area contributed by atoms with Crippen molar-refractivity contribution in [3.8, 4) is 0 Å². The summed E-state index contributed by atoms with van der Waals surface area (Å²) in [7, 11) is -1.37. The van der Waals surface area contributed by atoms with Crippen molar-refractivity contribution in [2.75, 3.05) is 6.54 Å². The molecule has 0 spiro atoms. The second-order valence-corrected chi connectivity index (χ2v) is 5.13. The van der Waals surface area contributed by atoms with Crippen LogP contribution in [0, 0.1) is 0 Å². The Labute approximate surface area is 110 Å². The third-order valence-electron chi connectivity index (χ3n) is 3.57. The van der Waals surface area contributed by atoms with Gasteiger partial charge < -0.3 is 10.0 Å². The summed E-state index contributed by atoms with van der Waals surface area (Å²) in [6.07, 6.45) is 4.98. The molecule has 18 heavy (non-hydrogen) atoms. The molecule has 0 bridgehead atoms. The van der Waals surface area contributed by atoms with Crippen LogP contribution in [0.1, 0.15) is 38.2 Å².